The number of rotatable bonds is 4. The summed E-state index contributed by atoms with van der Waals surface area (Å²) in [6.07, 6.45) is 2.01. The standard InChI is InChI=1S/C11H20Br2O/c1-7(2)10(14,8(3)4)5-9-6-11(9,12)13/h7-9,14H,5-6H2,1-4H3. The Bertz CT molecular complexity index is 203. The van der Waals surface area contributed by atoms with Crippen LogP contribution in [0.5, 0.6) is 0 Å². The molecular weight excluding hydrogens is 308 g/mol. The maximum Gasteiger partial charge on any atom is 0.0838 e. The molecule has 0 aromatic heterocycles. The van der Waals surface area contributed by atoms with Crippen molar-refractivity contribution in [2.24, 2.45) is 17.8 Å². The summed E-state index contributed by atoms with van der Waals surface area (Å²) in [5, 5.41) is 10.6. The Kier molecular flexibility index (Phi) is 3.77. The maximum absolute atomic E-state index is 10.6. The van der Waals surface area contributed by atoms with Gasteiger partial charge in [0.15, 0.2) is 0 Å². The fourth-order valence-electron chi connectivity index (χ4n) is 2.02. The molecule has 84 valence electrons. The maximum atomic E-state index is 10.6. The van der Waals surface area contributed by atoms with Crippen molar-refractivity contribution < 1.29 is 5.11 Å². The Morgan fingerprint density at radius 1 is 1.29 bits per heavy atom. The van der Waals surface area contributed by atoms with Crippen LogP contribution in [0.15, 0.2) is 0 Å². The van der Waals surface area contributed by atoms with Crippen LogP contribution in [0, 0.1) is 17.8 Å². The minimum atomic E-state index is -0.520. The molecule has 0 heterocycles. The van der Waals surface area contributed by atoms with Gasteiger partial charge < -0.3 is 5.11 Å². The Morgan fingerprint density at radius 3 is 1.86 bits per heavy atom. The van der Waals surface area contributed by atoms with E-state index in [2.05, 4.69) is 59.6 Å². The fraction of sp³-hybridized carbons (Fsp3) is 1.00. The smallest absolute Gasteiger partial charge is 0.0838 e. The number of hydrogen-bond donors (Lipinski definition) is 1. The van der Waals surface area contributed by atoms with E-state index in [1.165, 1.54) is 0 Å². The van der Waals surface area contributed by atoms with Gasteiger partial charge in [0.1, 0.15) is 0 Å². The summed E-state index contributed by atoms with van der Waals surface area (Å²) in [7, 11) is 0. The lowest BCUT2D eigenvalue weighted by Gasteiger charge is -2.36. The Hall–Kier alpha value is 0.920. The highest BCUT2D eigenvalue weighted by atomic mass is 79.9. The van der Waals surface area contributed by atoms with E-state index in [0.29, 0.717) is 17.8 Å². The molecule has 1 aliphatic carbocycles. The molecule has 0 radical (unpaired) electrons. The Labute approximate surface area is 104 Å². The Balaban J connectivity index is 2.62. The van der Waals surface area contributed by atoms with E-state index in [1.807, 2.05) is 0 Å². The second-order valence-corrected chi connectivity index (χ2v) is 9.06. The van der Waals surface area contributed by atoms with Crippen LogP contribution in [0.2, 0.25) is 0 Å². The fourth-order valence-corrected chi connectivity index (χ4v) is 3.13. The largest absolute Gasteiger partial charge is 0.389 e. The zero-order valence-electron chi connectivity index (χ0n) is 9.35. The summed E-state index contributed by atoms with van der Waals surface area (Å²) in [5.74, 6) is 1.20. The molecule has 1 unspecified atom stereocenters. The van der Waals surface area contributed by atoms with E-state index >= 15 is 0 Å². The number of alkyl halides is 2. The summed E-state index contributed by atoms with van der Waals surface area (Å²) in [6, 6.07) is 0. The highest BCUT2D eigenvalue weighted by Crippen LogP contribution is 2.60. The molecule has 0 bridgehead atoms. The second kappa shape index (κ2) is 4.06. The van der Waals surface area contributed by atoms with Crippen molar-refractivity contribution in [1.29, 1.82) is 0 Å². The molecule has 14 heavy (non-hydrogen) atoms. The van der Waals surface area contributed by atoms with E-state index in [-0.39, 0.29) is 3.23 Å². The first kappa shape index (κ1) is 13.0. The lowest BCUT2D eigenvalue weighted by Crippen LogP contribution is -2.41. The number of hydrogen-bond acceptors (Lipinski definition) is 1. The summed E-state index contributed by atoms with van der Waals surface area (Å²) in [4.78, 5) is 0. The van der Waals surface area contributed by atoms with Gasteiger partial charge >= 0.3 is 0 Å². The lowest BCUT2D eigenvalue weighted by molar-refractivity contribution is -0.0580. The molecule has 3 heteroatoms. The van der Waals surface area contributed by atoms with Gasteiger partial charge in [-0.15, -0.1) is 0 Å². The van der Waals surface area contributed by atoms with E-state index in [0.717, 1.165) is 12.8 Å². The molecule has 1 aliphatic rings. The highest BCUT2D eigenvalue weighted by Gasteiger charge is 2.54. The quantitative estimate of drug-likeness (QED) is 0.776. The molecule has 0 aromatic rings. The van der Waals surface area contributed by atoms with E-state index in [9.17, 15) is 5.11 Å². The summed E-state index contributed by atoms with van der Waals surface area (Å²) < 4.78 is 0.109. The van der Waals surface area contributed by atoms with Crippen LogP contribution in [0.25, 0.3) is 0 Å². The third-order valence-corrected chi connectivity index (χ3v) is 5.47. The zero-order chi connectivity index (χ0) is 11.1. The van der Waals surface area contributed by atoms with E-state index in [4.69, 9.17) is 0 Å². The van der Waals surface area contributed by atoms with E-state index < -0.39 is 5.60 Å². The van der Waals surface area contributed by atoms with Crippen LogP contribution in [0.1, 0.15) is 40.5 Å². The molecule has 0 saturated heterocycles. The van der Waals surface area contributed by atoms with Crippen molar-refractivity contribution in [3.05, 3.63) is 0 Å². The molecule has 0 amide bonds. The molecule has 1 saturated carbocycles. The zero-order valence-corrected chi connectivity index (χ0v) is 12.5. The van der Waals surface area contributed by atoms with Gasteiger partial charge in [0.05, 0.1) is 8.83 Å². The monoisotopic (exact) mass is 326 g/mol. The van der Waals surface area contributed by atoms with Crippen molar-refractivity contribution in [2.45, 2.75) is 49.4 Å². The molecule has 1 atom stereocenters. The predicted molar refractivity (Wildman–Crippen MR) is 67.9 cm³/mol. The van der Waals surface area contributed by atoms with Gasteiger partial charge in [-0.25, -0.2) is 0 Å². The molecular formula is C11H20Br2O. The SMILES string of the molecule is CC(C)C(O)(CC1CC1(Br)Br)C(C)C. The molecule has 1 N–H and O–H groups in total. The first-order valence-corrected chi connectivity index (χ1v) is 6.89. The number of aliphatic hydroxyl groups is 1. The molecule has 1 fully saturated rings. The minimum Gasteiger partial charge on any atom is -0.389 e. The predicted octanol–water partition coefficient (Wildman–Crippen LogP) is 3.93. The average Bonchev–Trinajstić information content (AvgIpc) is 2.57. The summed E-state index contributed by atoms with van der Waals surface area (Å²) in [6.45, 7) is 8.41. The lowest BCUT2D eigenvalue weighted by atomic mass is 9.77. The molecule has 0 aromatic carbocycles. The van der Waals surface area contributed by atoms with Crippen molar-refractivity contribution in [3.63, 3.8) is 0 Å². The highest BCUT2D eigenvalue weighted by molar-refractivity contribution is 9.25. The van der Waals surface area contributed by atoms with Crippen molar-refractivity contribution >= 4 is 31.9 Å². The first-order chi connectivity index (χ1) is 6.20. The number of halogens is 2. The van der Waals surface area contributed by atoms with Crippen LogP contribution in [-0.4, -0.2) is 13.9 Å². The summed E-state index contributed by atoms with van der Waals surface area (Å²) >= 11 is 7.22. The topological polar surface area (TPSA) is 20.2 Å². The van der Waals surface area contributed by atoms with Gasteiger partial charge in [0.25, 0.3) is 0 Å². The van der Waals surface area contributed by atoms with Crippen molar-refractivity contribution in [1.82, 2.24) is 0 Å². The normalized spacial score (nSPS) is 25.9. The van der Waals surface area contributed by atoms with Crippen LogP contribution in [0.3, 0.4) is 0 Å². The minimum absolute atomic E-state index is 0.109. The van der Waals surface area contributed by atoms with Gasteiger partial charge in [-0.05, 0) is 30.6 Å². The third kappa shape index (κ3) is 2.53. The van der Waals surface area contributed by atoms with Gasteiger partial charge in [-0.2, -0.15) is 0 Å². The second-order valence-electron chi connectivity index (χ2n) is 5.17. The summed E-state index contributed by atoms with van der Waals surface area (Å²) in [5.41, 5.74) is -0.520. The first-order valence-electron chi connectivity index (χ1n) is 5.30. The van der Waals surface area contributed by atoms with Gasteiger partial charge in [0.2, 0.25) is 0 Å². The van der Waals surface area contributed by atoms with Gasteiger partial charge in [-0.3, -0.25) is 0 Å². The van der Waals surface area contributed by atoms with Crippen molar-refractivity contribution in [3.8, 4) is 0 Å². The molecule has 1 rings (SSSR count). The van der Waals surface area contributed by atoms with Crippen molar-refractivity contribution in [2.75, 3.05) is 0 Å². The molecule has 0 spiro atoms. The van der Waals surface area contributed by atoms with Gasteiger partial charge in [-0.1, -0.05) is 59.6 Å². The Morgan fingerprint density at radius 2 is 1.64 bits per heavy atom. The van der Waals surface area contributed by atoms with Crippen LogP contribution < -0.4 is 0 Å². The van der Waals surface area contributed by atoms with Crippen LogP contribution >= 0.6 is 31.9 Å². The van der Waals surface area contributed by atoms with Crippen LogP contribution in [-0.2, 0) is 0 Å². The van der Waals surface area contributed by atoms with Gasteiger partial charge in [0, 0.05) is 0 Å². The molecule has 1 nitrogen and oxygen atoms in total. The molecule has 0 aliphatic heterocycles. The van der Waals surface area contributed by atoms with Crippen LogP contribution in [0.4, 0.5) is 0 Å². The average molecular weight is 328 g/mol. The van der Waals surface area contributed by atoms with E-state index in [1.54, 1.807) is 0 Å². The third-order valence-electron chi connectivity index (χ3n) is 3.53.